The predicted octanol–water partition coefficient (Wildman–Crippen LogP) is 2.55. The maximum absolute atomic E-state index is 12.5. The van der Waals surface area contributed by atoms with Gasteiger partial charge in [0.25, 0.3) is 0 Å². The van der Waals surface area contributed by atoms with Crippen molar-refractivity contribution < 1.29 is 9.53 Å². The van der Waals surface area contributed by atoms with E-state index in [1.165, 1.54) is 23.0 Å². The summed E-state index contributed by atoms with van der Waals surface area (Å²) in [6.45, 7) is 0.709. The van der Waals surface area contributed by atoms with Crippen LogP contribution in [0.25, 0.3) is 10.2 Å². The molecule has 2 aromatic heterocycles. The Morgan fingerprint density at radius 1 is 1.41 bits per heavy atom. The molecule has 2 heterocycles. The molecule has 0 bridgehead atoms. The minimum Gasteiger partial charge on any atom is -0.490 e. The number of rotatable bonds is 7. The zero-order valence-electron chi connectivity index (χ0n) is 18.1. The Bertz CT molecular complexity index is 1170. The average molecular weight is 454 g/mol. The molecule has 1 aliphatic rings. The van der Waals surface area contributed by atoms with Gasteiger partial charge in [-0.3, -0.25) is 4.79 Å². The molecule has 1 aliphatic carbocycles. The van der Waals surface area contributed by atoms with Crippen molar-refractivity contribution in [3.63, 3.8) is 0 Å². The quantitative estimate of drug-likeness (QED) is 0.318. The van der Waals surface area contributed by atoms with Crippen molar-refractivity contribution in [2.24, 2.45) is 11.7 Å². The molecule has 10 heteroatoms. The summed E-state index contributed by atoms with van der Waals surface area (Å²) >= 11 is 1.62. The molecule has 0 fully saturated rings. The van der Waals surface area contributed by atoms with Gasteiger partial charge in [0.1, 0.15) is 29.3 Å². The highest BCUT2D eigenvalue weighted by atomic mass is 32.1. The molecule has 1 atom stereocenters. The number of ether oxygens (including phenoxy) is 1. The second kappa shape index (κ2) is 9.09. The second-order valence-electron chi connectivity index (χ2n) is 7.96. The largest absolute Gasteiger partial charge is 0.490 e. The number of carbonyl (C=O) groups is 1. The van der Waals surface area contributed by atoms with Gasteiger partial charge >= 0.3 is 0 Å². The molecule has 1 aromatic carbocycles. The zero-order valence-corrected chi connectivity index (χ0v) is 19.0. The van der Waals surface area contributed by atoms with E-state index in [9.17, 15) is 4.79 Å². The number of anilines is 3. The number of nitrogens with two attached hydrogens (primary N) is 2. The van der Waals surface area contributed by atoms with Crippen LogP contribution in [0.1, 0.15) is 22.4 Å². The number of hydrogen-bond acceptors (Lipinski definition) is 9. The van der Waals surface area contributed by atoms with Gasteiger partial charge in [-0.2, -0.15) is 0 Å². The molecule has 0 spiro atoms. The first-order valence-electron chi connectivity index (χ1n) is 10.4. The molecular weight excluding hydrogens is 426 g/mol. The van der Waals surface area contributed by atoms with E-state index in [-0.39, 0.29) is 11.8 Å². The summed E-state index contributed by atoms with van der Waals surface area (Å²) < 4.78 is 5.78. The van der Waals surface area contributed by atoms with Crippen LogP contribution in [0.4, 0.5) is 17.2 Å². The van der Waals surface area contributed by atoms with Crippen molar-refractivity contribution >= 4 is 50.9 Å². The normalized spacial score (nSPS) is 15.3. The van der Waals surface area contributed by atoms with Gasteiger partial charge in [-0.25, -0.2) is 9.97 Å². The van der Waals surface area contributed by atoms with E-state index >= 15 is 0 Å². The number of benzene rings is 1. The molecule has 1 amide bonds. The molecule has 9 nitrogen and oxygen atoms in total. The first kappa shape index (κ1) is 22.0. The number of nitrogens with zero attached hydrogens (tertiary/aromatic N) is 3. The van der Waals surface area contributed by atoms with Crippen molar-refractivity contribution in [2.45, 2.75) is 19.3 Å². The van der Waals surface area contributed by atoms with Gasteiger partial charge in [0.05, 0.1) is 11.1 Å². The van der Waals surface area contributed by atoms with E-state index in [0.29, 0.717) is 41.7 Å². The van der Waals surface area contributed by atoms with Crippen molar-refractivity contribution in [1.82, 2.24) is 14.9 Å². The maximum Gasteiger partial charge on any atom is 0.225 e. The lowest BCUT2D eigenvalue weighted by Crippen LogP contribution is -2.32. The number of fused-ring (bicyclic) bond motifs is 3. The summed E-state index contributed by atoms with van der Waals surface area (Å²) in [7, 11) is 3.60. The average Bonchev–Trinajstić information content (AvgIpc) is 3.16. The highest BCUT2D eigenvalue weighted by Crippen LogP contribution is 2.41. The first-order chi connectivity index (χ1) is 15.4. The van der Waals surface area contributed by atoms with Crippen LogP contribution in [-0.2, 0) is 17.6 Å². The van der Waals surface area contributed by atoms with E-state index in [4.69, 9.17) is 21.6 Å². The van der Waals surface area contributed by atoms with Crippen molar-refractivity contribution in [2.75, 3.05) is 38.3 Å². The molecule has 32 heavy (non-hydrogen) atoms. The van der Waals surface area contributed by atoms with Gasteiger partial charge < -0.3 is 31.8 Å². The Kier molecular flexibility index (Phi) is 6.24. The lowest BCUT2D eigenvalue weighted by atomic mass is 9.87. The van der Waals surface area contributed by atoms with Gasteiger partial charge in [-0.15, -0.1) is 11.3 Å². The van der Waals surface area contributed by atoms with Gasteiger partial charge in [0, 0.05) is 55.0 Å². The number of aromatic nitrogens is 2. The topological polar surface area (TPSA) is 143 Å². The Labute approximate surface area is 190 Å². The molecule has 1 unspecified atom stereocenters. The van der Waals surface area contributed by atoms with Crippen LogP contribution in [0.2, 0.25) is 0 Å². The van der Waals surface area contributed by atoms with Crippen LogP contribution in [0.15, 0.2) is 18.5 Å². The first-order valence-corrected chi connectivity index (χ1v) is 11.2. The predicted molar refractivity (Wildman–Crippen MR) is 128 cm³/mol. The third kappa shape index (κ3) is 4.11. The minimum absolute atomic E-state index is 0.00144. The van der Waals surface area contributed by atoms with Crippen LogP contribution < -0.4 is 21.5 Å². The molecular formula is C22H27N7O2S. The SMILES string of the molecule is CN(C)C(=O)C1CCc2c(sc3ncnc(Nc4cc(C=N)c(N)cc4OCCN)c23)C1. The number of thiophene rings is 1. The number of nitrogens with one attached hydrogen (secondary N) is 2. The lowest BCUT2D eigenvalue weighted by Gasteiger charge is -2.24. The fraction of sp³-hybridized carbons (Fsp3) is 0.364. The van der Waals surface area contributed by atoms with E-state index in [1.54, 1.807) is 42.5 Å². The third-order valence-corrected chi connectivity index (χ3v) is 6.77. The summed E-state index contributed by atoms with van der Waals surface area (Å²) in [4.78, 5) is 25.2. The summed E-state index contributed by atoms with van der Waals surface area (Å²) in [6, 6.07) is 3.46. The summed E-state index contributed by atoms with van der Waals surface area (Å²) in [5, 5.41) is 12.0. The number of nitrogen functional groups attached to an aromatic ring is 1. The van der Waals surface area contributed by atoms with Crippen molar-refractivity contribution in [1.29, 1.82) is 5.41 Å². The van der Waals surface area contributed by atoms with Gasteiger partial charge in [0.2, 0.25) is 5.91 Å². The fourth-order valence-electron chi connectivity index (χ4n) is 4.03. The van der Waals surface area contributed by atoms with Gasteiger partial charge in [-0.1, -0.05) is 0 Å². The van der Waals surface area contributed by atoms with Crippen molar-refractivity contribution in [3.05, 3.63) is 34.5 Å². The van der Waals surface area contributed by atoms with E-state index in [2.05, 4.69) is 15.3 Å². The highest BCUT2D eigenvalue weighted by Gasteiger charge is 2.30. The van der Waals surface area contributed by atoms with Crippen LogP contribution in [-0.4, -0.2) is 54.2 Å². The van der Waals surface area contributed by atoms with Gasteiger partial charge in [0.15, 0.2) is 0 Å². The minimum atomic E-state index is -0.00144. The van der Waals surface area contributed by atoms with Crippen LogP contribution in [0.5, 0.6) is 5.75 Å². The molecule has 168 valence electrons. The zero-order chi connectivity index (χ0) is 22.8. The Balaban J connectivity index is 1.73. The van der Waals surface area contributed by atoms with Gasteiger partial charge in [-0.05, 0) is 30.9 Å². The molecule has 0 radical (unpaired) electrons. The van der Waals surface area contributed by atoms with E-state index in [0.717, 1.165) is 29.5 Å². The Morgan fingerprint density at radius 3 is 2.94 bits per heavy atom. The number of carbonyl (C=O) groups excluding carboxylic acids is 1. The lowest BCUT2D eigenvalue weighted by molar-refractivity contribution is -0.133. The highest BCUT2D eigenvalue weighted by molar-refractivity contribution is 7.19. The van der Waals surface area contributed by atoms with Crippen molar-refractivity contribution in [3.8, 4) is 5.75 Å². The number of amides is 1. The van der Waals surface area contributed by atoms with Crippen LogP contribution in [0, 0.1) is 11.3 Å². The molecule has 4 rings (SSSR count). The molecule has 0 aliphatic heterocycles. The van der Waals surface area contributed by atoms with Crippen LogP contribution >= 0.6 is 11.3 Å². The summed E-state index contributed by atoms with van der Waals surface area (Å²) in [5.41, 5.74) is 14.5. The molecule has 6 N–H and O–H groups in total. The van der Waals surface area contributed by atoms with E-state index < -0.39 is 0 Å². The molecule has 3 aromatic rings. The Morgan fingerprint density at radius 2 is 2.22 bits per heavy atom. The van der Waals surface area contributed by atoms with Crippen LogP contribution in [0.3, 0.4) is 0 Å². The molecule has 0 saturated heterocycles. The summed E-state index contributed by atoms with van der Waals surface area (Å²) in [6.07, 6.45) is 5.06. The standard InChI is InChI=1S/C22H27N7O2S/c1-29(2)22(30)12-3-4-14-18(8-12)32-21-19(14)20(26-11-27-21)28-16-7-13(10-24)15(25)9-17(16)31-6-5-23/h7,9-12,24H,3-6,8,23,25H2,1-2H3,(H,26,27,28). The third-order valence-electron chi connectivity index (χ3n) is 5.60. The summed E-state index contributed by atoms with van der Waals surface area (Å²) in [5.74, 6) is 1.38. The second-order valence-corrected chi connectivity index (χ2v) is 9.05. The Hall–Kier alpha value is -3.24. The number of hydrogen-bond donors (Lipinski definition) is 4. The number of aryl methyl sites for hydroxylation is 1. The smallest absolute Gasteiger partial charge is 0.225 e. The maximum atomic E-state index is 12.5. The molecule has 0 saturated carbocycles. The fourth-order valence-corrected chi connectivity index (χ4v) is 5.30. The monoisotopic (exact) mass is 453 g/mol. The van der Waals surface area contributed by atoms with E-state index in [1.807, 2.05) is 0 Å².